The summed E-state index contributed by atoms with van der Waals surface area (Å²) in [6.45, 7) is 5.55. The Balaban J connectivity index is 1.67. The lowest BCUT2D eigenvalue weighted by atomic mass is 9.93. The van der Waals surface area contributed by atoms with Crippen molar-refractivity contribution in [1.29, 1.82) is 0 Å². The number of allylic oxidation sites excluding steroid dienone is 1. The molecule has 40 heavy (non-hydrogen) atoms. The number of rotatable bonds is 4. The van der Waals surface area contributed by atoms with Crippen molar-refractivity contribution in [3.05, 3.63) is 72.3 Å². The number of carboxylic acids is 1. The summed E-state index contributed by atoms with van der Waals surface area (Å²) in [7, 11) is 0. The van der Waals surface area contributed by atoms with Crippen LogP contribution in [-0.4, -0.2) is 58.0 Å². The van der Waals surface area contributed by atoms with Gasteiger partial charge in [-0.05, 0) is 63.1 Å². The van der Waals surface area contributed by atoms with Crippen molar-refractivity contribution in [3.8, 4) is 11.1 Å². The van der Waals surface area contributed by atoms with Gasteiger partial charge in [-0.1, -0.05) is 79.6 Å². The maximum atomic E-state index is 14.0. The van der Waals surface area contributed by atoms with Crippen LogP contribution in [0.3, 0.4) is 0 Å². The van der Waals surface area contributed by atoms with Crippen LogP contribution in [0.5, 0.6) is 0 Å². The standard InChI is InChI=1S/C32H40N2O5S/c1-31(2,3)39-30(38)33-26-15-11-6-4-5-7-12-20-40-32(21-27(29(36)37)34(22-32)28(26)35)25-18-16-24(17-19-25)23-13-9-8-10-14-23/h7-10,12-14,16-19,26-27H,4-6,11,15,20-22H2,1-3H3,(H,33,38)(H,36,37)/b12-7+/t26-,27-,32-/m0/s1. The number of alkyl carbamates (subject to hydrolysis) is 1. The predicted molar refractivity (Wildman–Crippen MR) is 159 cm³/mol. The van der Waals surface area contributed by atoms with Gasteiger partial charge in [0.05, 0.1) is 4.75 Å². The molecule has 3 atom stereocenters. The molecule has 0 spiro atoms. The molecule has 2 aliphatic rings. The van der Waals surface area contributed by atoms with Crippen molar-refractivity contribution < 1.29 is 24.2 Å². The van der Waals surface area contributed by atoms with Crippen molar-refractivity contribution >= 4 is 29.7 Å². The number of hydrogen-bond donors (Lipinski definition) is 2. The first-order chi connectivity index (χ1) is 19.1. The van der Waals surface area contributed by atoms with E-state index in [9.17, 15) is 19.5 Å². The molecule has 2 N–H and O–H groups in total. The van der Waals surface area contributed by atoms with Gasteiger partial charge in [-0.3, -0.25) is 4.79 Å². The summed E-state index contributed by atoms with van der Waals surface area (Å²) in [4.78, 5) is 40.6. The van der Waals surface area contributed by atoms with Crippen LogP contribution in [0.1, 0.15) is 64.9 Å². The van der Waals surface area contributed by atoms with Gasteiger partial charge in [0.15, 0.2) is 0 Å². The number of fused-ring (bicyclic) bond motifs is 2. The first-order valence-electron chi connectivity index (χ1n) is 14.1. The first-order valence-corrected chi connectivity index (χ1v) is 15.0. The van der Waals surface area contributed by atoms with Gasteiger partial charge in [0.25, 0.3) is 0 Å². The molecule has 0 aromatic heterocycles. The molecule has 8 heteroatoms. The average molecular weight is 565 g/mol. The second kappa shape index (κ2) is 12.9. The van der Waals surface area contributed by atoms with Crippen molar-refractivity contribution in [3.63, 3.8) is 0 Å². The number of amides is 2. The third-order valence-corrected chi connectivity index (χ3v) is 8.83. The molecular weight excluding hydrogens is 524 g/mol. The summed E-state index contributed by atoms with van der Waals surface area (Å²) in [5.41, 5.74) is 2.47. The highest BCUT2D eigenvalue weighted by Gasteiger charge is 2.51. The van der Waals surface area contributed by atoms with Gasteiger partial charge in [-0.25, -0.2) is 9.59 Å². The number of nitrogens with zero attached hydrogens (tertiary/aromatic N) is 1. The van der Waals surface area contributed by atoms with E-state index in [2.05, 4.69) is 53.9 Å². The number of carbonyl (C=O) groups is 3. The minimum atomic E-state index is -1.03. The fraction of sp³-hybridized carbons (Fsp3) is 0.469. The maximum Gasteiger partial charge on any atom is 0.408 e. The number of carboxylic acid groups (broad SMARTS) is 1. The Morgan fingerprint density at radius 3 is 2.38 bits per heavy atom. The molecule has 214 valence electrons. The molecule has 2 heterocycles. The van der Waals surface area contributed by atoms with Crippen LogP contribution < -0.4 is 5.32 Å². The van der Waals surface area contributed by atoms with E-state index >= 15 is 0 Å². The quantitative estimate of drug-likeness (QED) is 0.419. The normalized spacial score (nSPS) is 25.1. The highest BCUT2D eigenvalue weighted by atomic mass is 32.2. The van der Waals surface area contributed by atoms with E-state index < -0.39 is 34.5 Å². The van der Waals surface area contributed by atoms with Crippen LogP contribution in [0.4, 0.5) is 4.79 Å². The molecular formula is C32H40N2O5S. The van der Waals surface area contributed by atoms with Crippen LogP contribution in [0.2, 0.25) is 0 Å². The third-order valence-electron chi connectivity index (χ3n) is 7.39. The molecule has 0 aliphatic carbocycles. The zero-order valence-corrected chi connectivity index (χ0v) is 24.4. The van der Waals surface area contributed by atoms with Gasteiger partial charge in [0.1, 0.15) is 17.7 Å². The number of carbonyl (C=O) groups excluding carboxylic acids is 2. The minimum absolute atomic E-state index is 0.249. The van der Waals surface area contributed by atoms with Crippen molar-refractivity contribution in [2.75, 3.05) is 12.3 Å². The Kier molecular flexibility index (Phi) is 9.61. The van der Waals surface area contributed by atoms with E-state index in [1.165, 1.54) is 4.90 Å². The van der Waals surface area contributed by atoms with Gasteiger partial charge < -0.3 is 20.1 Å². The minimum Gasteiger partial charge on any atom is -0.480 e. The molecule has 2 bridgehead atoms. The molecule has 2 aliphatic heterocycles. The Labute approximate surface area is 241 Å². The monoisotopic (exact) mass is 564 g/mol. The van der Waals surface area contributed by atoms with Crippen LogP contribution in [0, 0.1) is 0 Å². The number of nitrogens with one attached hydrogen (secondary N) is 1. The smallest absolute Gasteiger partial charge is 0.408 e. The Hall–Kier alpha value is -3.26. The van der Waals surface area contributed by atoms with E-state index in [-0.39, 0.29) is 18.9 Å². The summed E-state index contributed by atoms with van der Waals surface area (Å²) >= 11 is 1.68. The zero-order chi connectivity index (χ0) is 28.8. The van der Waals surface area contributed by atoms with Crippen molar-refractivity contribution in [1.82, 2.24) is 10.2 Å². The van der Waals surface area contributed by atoms with Crippen molar-refractivity contribution in [2.24, 2.45) is 0 Å². The molecule has 0 radical (unpaired) electrons. The summed E-state index contributed by atoms with van der Waals surface area (Å²) in [5, 5.41) is 13.0. The lowest BCUT2D eigenvalue weighted by molar-refractivity contribution is -0.149. The molecule has 4 rings (SSSR count). The van der Waals surface area contributed by atoms with Crippen LogP contribution in [0.25, 0.3) is 11.1 Å². The van der Waals surface area contributed by atoms with E-state index in [0.29, 0.717) is 12.2 Å². The van der Waals surface area contributed by atoms with Gasteiger partial charge in [0, 0.05) is 12.3 Å². The van der Waals surface area contributed by atoms with E-state index in [4.69, 9.17) is 4.74 Å². The van der Waals surface area contributed by atoms with E-state index in [0.717, 1.165) is 42.4 Å². The molecule has 0 saturated carbocycles. The largest absolute Gasteiger partial charge is 0.480 e. The lowest BCUT2D eigenvalue weighted by Crippen LogP contribution is -2.52. The predicted octanol–water partition coefficient (Wildman–Crippen LogP) is 6.38. The number of hydrogen-bond acceptors (Lipinski definition) is 5. The Bertz CT molecular complexity index is 1210. The van der Waals surface area contributed by atoms with Crippen LogP contribution in [0.15, 0.2) is 66.7 Å². The van der Waals surface area contributed by atoms with Gasteiger partial charge in [-0.2, -0.15) is 0 Å². The summed E-state index contributed by atoms with van der Waals surface area (Å²) in [6, 6.07) is 16.5. The highest BCUT2D eigenvalue weighted by Crippen LogP contribution is 2.48. The molecule has 2 amide bonds. The molecule has 0 unspecified atom stereocenters. The zero-order valence-electron chi connectivity index (χ0n) is 23.6. The molecule has 2 aromatic rings. The van der Waals surface area contributed by atoms with E-state index in [1.54, 1.807) is 32.5 Å². The number of ether oxygens (including phenoxy) is 1. The average Bonchev–Trinajstić information content (AvgIpc) is 3.31. The van der Waals surface area contributed by atoms with E-state index in [1.807, 2.05) is 18.2 Å². The summed E-state index contributed by atoms with van der Waals surface area (Å²) < 4.78 is 4.84. The van der Waals surface area contributed by atoms with Gasteiger partial charge >= 0.3 is 12.1 Å². The van der Waals surface area contributed by atoms with Gasteiger partial charge in [-0.15, -0.1) is 11.8 Å². The topological polar surface area (TPSA) is 95.9 Å². The molecule has 1 fully saturated rings. The molecule has 1 saturated heterocycles. The number of benzene rings is 2. The Morgan fingerprint density at radius 1 is 1.00 bits per heavy atom. The Morgan fingerprint density at radius 2 is 1.70 bits per heavy atom. The molecule has 7 nitrogen and oxygen atoms in total. The van der Waals surface area contributed by atoms with Crippen LogP contribution in [-0.2, 0) is 19.1 Å². The third kappa shape index (κ3) is 7.47. The van der Waals surface area contributed by atoms with Crippen molar-refractivity contribution in [2.45, 2.75) is 81.7 Å². The van der Waals surface area contributed by atoms with Crippen LogP contribution >= 0.6 is 11.8 Å². The maximum absolute atomic E-state index is 14.0. The second-order valence-corrected chi connectivity index (χ2v) is 13.0. The van der Waals surface area contributed by atoms with Gasteiger partial charge in [0.2, 0.25) is 5.91 Å². The fourth-order valence-corrected chi connectivity index (χ4v) is 6.77. The first kappa shape index (κ1) is 29.7. The SMILES string of the molecule is CC(C)(C)OC(=O)N[C@H]1CCCCC/C=C/CS[C@@]2(c3ccc(-c4ccccc4)cc3)C[C@@H](C(=O)O)N(C2)C1=O. The number of thioether (sulfide) groups is 1. The summed E-state index contributed by atoms with van der Waals surface area (Å²) in [5.74, 6) is -0.684. The summed E-state index contributed by atoms with van der Waals surface area (Å²) in [6.07, 6.45) is 7.98. The molecule has 2 aromatic carbocycles. The second-order valence-electron chi connectivity index (χ2n) is 11.6. The highest BCUT2D eigenvalue weighted by molar-refractivity contribution is 8.00. The number of aliphatic carboxylic acids is 1. The lowest BCUT2D eigenvalue weighted by Gasteiger charge is -2.31. The fourth-order valence-electron chi connectivity index (χ4n) is 5.41.